The summed E-state index contributed by atoms with van der Waals surface area (Å²) in [6.45, 7) is 1.62. The summed E-state index contributed by atoms with van der Waals surface area (Å²) in [5.41, 5.74) is 3.10. The first-order valence-electron chi connectivity index (χ1n) is 9.49. The van der Waals surface area contributed by atoms with Crippen LogP contribution in [0.15, 0.2) is 48.9 Å². The van der Waals surface area contributed by atoms with E-state index in [4.69, 9.17) is 9.47 Å². The molecular weight excluding hydrogens is 372 g/mol. The smallest absolute Gasteiger partial charge is 0.336 e. The molecule has 0 aliphatic carbocycles. The summed E-state index contributed by atoms with van der Waals surface area (Å²) in [5.74, 6) is -0.677. The number of morpholine rings is 1. The summed E-state index contributed by atoms with van der Waals surface area (Å²) in [6, 6.07) is 12.0. The zero-order chi connectivity index (χ0) is 20.2. The molecule has 0 spiro atoms. The maximum Gasteiger partial charge on any atom is 0.336 e. The van der Waals surface area contributed by atoms with E-state index in [-0.39, 0.29) is 19.1 Å². The zero-order valence-corrected chi connectivity index (χ0v) is 16.2. The Morgan fingerprint density at radius 3 is 2.86 bits per heavy atom. The Labute approximate surface area is 168 Å². The van der Waals surface area contributed by atoms with Gasteiger partial charge in [-0.25, -0.2) is 14.8 Å². The fourth-order valence-electron chi connectivity index (χ4n) is 3.41. The molecule has 0 bridgehead atoms. The third kappa shape index (κ3) is 4.12. The number of benzene rings is 1. The Hall–Kier alpha value is -3.26. The summed E-state index contributed by atoms with van der Waals surface area (Å²) in [5, 5.41) is 0. The van der Waals surface area contributed by atoms with Crippen LogP contribution in [0, 0.1) is 0 Å². The van der Waals surface area contributed by atoms with Crippen LogP contribution in [0.5, 0.6) is 0 Å². The molecule has 1 aliphatic rings. The van der Waals surface area contributed by atoms with Gasteiger partial charge in [0.2, 0.25) is 0 Å². The van der Waals surface area contributed by atoms with Crippen molar-refractivity contribution < 1.29 is 19.1 Å². The van der Waals surface area contributed by atoms with Crippen LogP contribution in [0.1, 0.15) is 15.9 Å². The molecule has 1 amide bonds. The predicted molar refractivity (Wildman–Crippen MR) is 105 cm³/mol. The molecule has 3 aromatic rings. The number of imidazole rings is 1. The van der Waals surface area contributed by atoms with Crippen molar-refractivity contribution in [3.63, 3.8) is 0 Å². The molecule has 8 heteroatoms. The first kappa shape index (κ1) is 19.1. The van der Waals surface area contributed by atoms with Gasteiger partial charge in [0.15, 0.2) is 11.8 Å². The standard InChI is InChI=1S/C21H22N4O4/c1-28-21(27)18-13-24(9-10-29-18)20(26)16-11-17-19(22-12-16)25(14-23-17)8-7-15-5-3-2-4-6-15/h2-6,11-12,14,18H,7-10,13H2,1H3. The zero-order valence-electron chi connectivity index (χ0n) is 16.2. The first-order valence-corrected chi connectivity index (χ1v) is 9.49. The molecule has 1 aliphatic heterocycles. The topological polar surface area (TPSA) is 86.5 Å². The highest BCUT2D eigenvalue weighted by molar-refractivity contribution is 5.96. The molecular formula is C21H22N4O4. The van der Waals surface area contributed by atoms with Gasteiger partial charge in [-0.2, -0.15) is 0 Å². The second-order valence-electron chi connectivity index (χ2n) is 6.87. The van der Waals surface area contributed by atoms with Crippen molar-refractivity contribution in [3.8, 4) is 0 Å². The van der Waals surface area contributed by atoms with Crippen LogP contribution in [0.25, 0.3) is 11.2 Å². The van der Waals surface area contributed by atoms with Crippen LogP contribution in [0.3, 0.4) is 0 Å². The van der Waals surface area contributed by atoms with Crippen LogP contribution >= 0.6 is 0 Å². The number of fused-ring (bicyclic) bond motifs is 1. The van der Waals surface area contributed by atoms with E-state index >= 15 is 0 Å². The van der Waals surface area contributed by atoms with Gasteiger partial charge in [-0.1, -0.05) is 30.3 Å². The van der Waals surface area contributed by atoms with E-state index in [2.05, 4.69) is 22.1 Å². The maximum atomic E-state index is 12.9. The molecule has 4 rings (SSSR count). The van der Waals surface area contributed by atoms with Gasteiger partial charge < -0.3 is 18.9 Å². The number of carbonyl (C=O) groups is 2. The number of esters is 1. The second kappa shape index (κ2) is 8.40. The lowest BCUT2D eigenvalue weighted by Crippen LogP contribution is -2.48. The van der Waals surface area contributed by atoms with E-state index in [0.717, 1.165) is 18.6 Å². The summed E-state index contributed by atoms with van der Waals surface area (Å²) in [6.07, 6.45) is 3.42. The minimum atomic E-state index is -0.758. The van der Waals surface area contributed by atoms with Gasteiger partial charge >= 0.3 is 5.97 Å². The van der Waals surface area contributed by atoms with Crippen LogP contribution in [-0.4, -0.2) is 64.2 Å². The Balaban J connectivity index is 1.47. The minimum Gasteiger partial charge on any atom is -0.467 e. The lowest BCUT2D eigenvalue weighted by atomic mass is 10.1. The average molecular weight is 394 g/mol. The molecule has 0 radical (unpaired) electrons. The maximum absolute atomic E-state index is 12.9. The summed E-state index contributed by atoms with van der Waals surface area (Å²) in [7, 11) is 1.30. The highest BCUT2D eigenvalue weighted by Gasteiger charge is 2.30. The number of amides is 1. The van der Waals surface area contributed by atoms with Gasteiger partial charge in [0, 0.05) is 19.3 Å². The van der Waals surface area contributed by atoms with Gasteiger partial charge in [0.1, 0.15) is 5.52 Å². The molecule has 1 atom stereocenters. The number of methoxy groups -OCH3 is 1. The van der Waals surface area contributed by atoms with E-state index in [9.17, 15) is 9.59 Å². The average Bonchev–Trinajstić information content (AvgIpc) is 3.19. The third-order valence-corrected chi connectivity index (χ3v) is 5.00. The van der Waals surface area contributed by atoms with E-state index in [1.54, 1.807) is 23.5 Å². The highest BCUT2D eigenvalue weighted by Crippen LogP contribution is 2.16. The fourth-order valence-corrected chi connectivity index (χ4v) is 3.41. The number of nitrogens with zero attached hydrogens (tertiary/aromatic N) is 4. The largest absolute Gasteiger partial charge is 0.467 e. The Morgan fingerprint density at radius 2 is 2.07 bits per heavy atom. The SMILES string of the molecule is COC(=O)C1CN(C(=O)c2cnc3c(c2)ncn3CCc2ccccc2)CCO1. The Morgan fingerprint density at radius 1 is 1.24 bits per heavy atom. The number of hydrogen-bond donors (Lipinski definition) is 0. The van der Waals surface area contributed by atoms with Crippen LogP contribution < -0.4 is 0 Å². The van der Waals surface area contributed by atoms with Crippen molar-refractivity contribution in [2.45, 2.75) is 19.1 Å². The molecule has 3 heterocycles. The molecule has 2 aromatic heterocycles. The molecule has 1 unspecified atom stereocenters. The van der Waals surface area contributed by atoms with Gasteiger partial charge in [-0.3, -0.25) is 4.79 Å². The van der Waals surface area contributed by atoms with Gasteiger partial charge in [-0.05, 0) is 18.1 Å². The molecule has 1 fully saturated rings. The predicted octanol–water partition coefficient (Wildman–Crippen LogP) is 1.69. The van der Waals surface area contributed by atoms with Crippen LogP contribution in [-0.2, 0) is 27.2 Å². The van der Waals surface area contributed by atoms with Crippen molar-refractivity contribution in [3.05, 3.63) is 60.0 Å². The van der Waals surface area contributed by atoms with E-state index in [0.29, 0.717) is 17.6 Å². The fraction of sp³-hybridized carbons (Fsp3) is 0.333. The number of hydrogen-bond acceptors (Lipinski definition) is 6. The van der Waals surface area contributed by atoms with Gasteiger partial charge in [-0.15, -0.1) is 0 Å². The Kier molecular flexibility index (Phi) is 5.53. The van der Waals surface area contributed by atoms with Gasteiger partial charge in [0.25, 0.3) is 5.91 Å². The van der Waals surface area contributed by atoms with Crippen molar-refractivity contribution >= 4 is 23.0 Å². The van der Waals surface area contributed by atoms with Crippen molar-refractivity contribution in [1.29, 1.82) is 0 Å². The number of rotatable bonds is 5. The summed E-state index contributed by atoms with van der Waals surface area (Å²) >= 11 is 0. The quantitative estimate of drug-likeness (QED) is 0.612. The molecule has 150 valence electrons. The molecule has 0 saturated carbocycles. The number of aromatic nitrogens is 3. The first-order chi connectivity index (χ1) is 14.2. The number of aryl methyl sites for hydroxylation is 2. The van der Waals surface area contributed by atoms with Crippen molar-refractivity contribution in [2.24, 2.45) is 0 Å². The lowest BCUT2D eigenvalue weighted by Gasteiger charge is -2.31. The number of pyridine rings is 1. The molecule has 1 saturated heterocycles. The minimum absolute atomic E-state index is 0.162. The Bertz CT molecular complexity index is 1020. The third-order valence-electron chi connectivity index (χ3n) is 5.00. The summed E-state index contributed by atoms with van der Waals surface area (Å²) < 4.78 is 12.1. The lowest BCUT2D eigenvalue weighted by molar-refractivity contribution is -0.158. The van der Waals surface area contributed by atoms with Crippen molar-refractivity contribution in [2.75, 3.05) is 26.8 Å². The van der Waals surface area contributed by atoms with Crippen LogP contribution in [0.2, 0.25) is 0 Å². The molecule has 0 N–H and O–H groups in total. The molecule has 8 nitrogen and oxygen atoms in total. The molecule has 29 heavy (non-hydrogen) atoms. The van der Waals surface area contributed by atoms with Crippen LogP contribution in [0.4, 0.5) is 0 Å². The molecule has 1 aromatic carbocycles. The van der Waals surface area contributed by atoms with E-state index in [1.165, 1.54) is 12.7 Å². The summed E-state index contributed by atoms with van der Waals surface area (Å²) in [4.78, 5) is 35.0. The number of ether oxygens (including phenoxy) is 2. The normalized spacial score (nSPS) is 16.7. The monoisotopic (exact) mass is 394 g/mol. The number of carbonyl (C=O) groups excluding carboxylic acids is 2. The van der Waals surface area contributed by atoms with E-state index in [1.807, 2.05) is 22.8 Å². The van der Waals surface area contributed by atoms with Crippen molar-refractivity contribution in [1.82, 2.24) is 19.4 Å². The van der Waals surface area contributed by atoms with E-state index < -0.39 is 12.1 Å². The second-order valence-corrected chi connectivity index (χ2v) is 6.87. The van der Waals surface area contributed by atoms with Gasteiger partial charge in [0.05, 0.1) is 32.2 Å². The highest BCUT2D eigenvalue weighted by atomic mass is 16.6.